The summed E-state index contributed by atoms with van der Waals surface area (Å²) >= 11 is 0. The van der Waals surface area contributed by atoms with Crippen LogP contribution in [-0.4, -0.2) is 82.0 Å². The smallest absolute Gasteiger partial charge is 0.407 e. The van der Waals surface area contributed by atoms with Gasteiger partial charge in [0.15, 0.2) is 12.3 Å². The largest absolute Gasteiger partial charge is 0.449 e. The minimum absolute atomic E-state index is 0.0857. The highest BCUT2D eigenvalue weighted by Crippen LogP contribution is 2.55. The molecule has 2 aliphatic heterocycles. The first-order valence-corrected chi connectivity index (χ1v) is 21.3. The summed E-state index contributed by atoms with van der Waals surface area (Å²) < 4.78 is 19.3. The fourth-order valence-corrected chi connectivity index (χ4v) is 9.94. The lowest BCUT2D eigenvalue weighted by molar-refractivity contribution is -0.442. The molecule has 5 atom stereocenters. The van der Waals surface area contributed by atoms with E-state index in [0.717, 1.165) is 19.4 Å². The number of benzene rings is 2. The average Bonchev–Trinajstić information content (AvgIpc) is 4.02. The van der Waals surface area contributed by atoms with E-state index < -0.39 is 5.41 Å². The molecule has 0 radical (unpaired) electrons. The molecule has 9 heteroatoms. The monoisotopic (exact) mass is 777 g/mol. The predicted molar refractivity (Wildman–Crippen MR) is 227 cm³/mol. The Kier molecular flexibility index (Phi) is 12.2. The molecule has 0 spiro atoms. The number of para-hydroxylation sites is 2. The Morgan fingerprint density at radius 2 is 1.56 bits per heavy atom. The van der Waals surface area contributed by atoms with Crippen LogP contribution in [0.2, 0.25) is 0 Å². The maximum atomic E-state index is 13.4. The van der Waals surface area contributed by atoms with Crippen molar-refractivity contribution in [2.75, 3.05) is 64.6 Å². The Morgan fingerprint density at radius 1 is 0.877 bits per heavy atom. The summed E-state index contributed by atoms with van der Waals surface area (Å²) in [5.41, 5.74) is 8.50. The molecule has 2 aromatic rings. The third-order valence-corrected chi connectivity index (χ3v) is 13.8. The van der Waals surface area contributed by atoms with Crippen molar-refractivity contribution in [1.29, 1.82) is 0 Å². The minimum atomic E-state index is -0.412. The van der Waals surface area contributed by atoms with Crippen molar-refractivity contribution in [3.8, 4) is 0 Å². The molecule has 2 aromatic carbocycles. The van der Waals surface area contributed by atoms with Crippen LogP contribution in [0.5, 0.6) is 0 Å². The van der Waals surface area contributed by atoms with Crippen LogP contribution in [0.25, 0.3) is 0 Å². The molecule has 3 aliphatic carbocycles. The summed E-state index contributed by atoms with van der Waals surface area (Å²) in [6, 6.07) is 17.4. The Hall–Kier alpha value is -4.21. The number of alkyl carbamates (subject to hydrolysis) is 1. The predicted octanol–water partition coefficient (Wildman–Crippen LogP) is 8.21. The van der Waals surface area contributed by atoms with Crippen molar-refractivity contribution >= 4 is 29.1 Å². The molecule has 2 saturated carbocycles. The van der Waals surface area contributed by atoms with Crippen LogP contribution in [-0.2, 0) is 29.8 Å². The quantitative estimate of drug-likeness (QED) is 0.102. The number of nitrogens with one attached hydrogen (secondary N) is 2. The Labute approximate surface area is 340 Å². The average molecular weight is 778 g/mol. The number of allylic oxidation sites excluding steroid dienone is 6. The van der Waals surface area contributed by atoms with Crippen molar-refractivity contribution in [2.45, 2.75) is 84.5 Å². The number of amides is 2. The van der Waals surface area contributed by atoms with Crippen molar-refractivity contribution in [3.63, 3.8) is 0 Å². The lowest BCUT2D eigenvalue weighted by atomic mass is 9.81. The van der Waals surface area contributed by atoms with Crippen molar-refractivity contribution in [2.24, 2.45) is 29.1 Å². The van der Waals surface area contributed by atoms with Crippen LogP contribution in [0.4, 0.5) is 16.2 Å². The second-order valence-electron chi connectivity index (χ2n) is 18.2. The van der Waals surface area contributed by atoms with Gasteiger partial charge in [-0.1, -0.05) is 74.9 Å². The molecule has 5 aliphatic rings. The van der Waals surface area contributed by atoms with Crippen LogP contribution >= 0.6 is 0 Å². The molecule has 9 nitrogen and oxygen atoms in total. The fraction of sp³-hybridized carbons (Fsp3) is 0.562. The van der Waals surface area contributed by atoms with E-state index in [1.807, 2.05) is 0 Å². The van der Waals surface area contributed by atoms with E-state index in [1.165, 1.54) is 58.7 Å². The Bertz CT molecular complexity index is 1940. The topological polar surface area (TPSA) is 92.1 Å². The van der Waals surface area contributed by atoms with Crippen molar-refractivity contribution in [3.05, 3.63) is 95.2 Å². The first-order valence-electron chi connectivity index (χ1n) is 21.3. The maximum Gasteiger partial charge on any atom is 0.407 e. The number of ether oxygens (including phenoxy) is 3. The molecule has 57 heavy (non-hydrogen) atoms. The second kappa shape index (κ2) is 16.9. The molecule has 0 aromatic heterocycles. The molecule has 306 valence electrons. The lowest BCUT2D eigenvalue weighted by Crippen LogP contribution is -2.35. The van der Waals surface area contributed by atoms with Gasteiger partial charge in [0.1, 0.15) is 0 Å². The molecule has 2 fully saturated rings. The van der Waals surface area contributed by atoms with Gasteiger partial charge in [-0.2, -0.15) is 4.58 Å². The highest BCUT2D eigenvalue weighted by Gasteiger charge is 2.59. The number of rotatable bonds is 16. The molecule has 0 bridgehead atoms. The Balaban J connectivity index is 0.820. The number of nitrogens with zero attached hydrogens (tertiary/aromatic N) is 2. The van der Waals surface area contributed by atoms with E-state index in [-0.39, 0.29) is 28.7 Å². The zero-order valence-corrected chi connectivity index (χ0v) is 35.4. The van der Waals surface area contributed by atoms with Gasteiger partial charge in [-0.25, -0.2) is 4.79 Å². The van der Waals surface area contributed by atoms with Crippen LogP contribution in [0.1, 0.15) is 84.8 Å². The maximum absolute atomic E-state index is 13.4. The minimum Gasteiger partial charge on any atom is -0.449 e. The second-order valence-corrected chi connectivity index (χ2v) is 18.2. The van der Waals surface area contributed by atoms with Crippen LogP contribution in [0, 0.1) is 29.1 Å². The molecular weight excluding hydrogens is 713 g/mol. The van der Waals surface area contributed by atoms with E-state index in [2.05, 4.69) is 142 Å². The summed E-state index contributed by atoms with van der Waals surface area (Å²) in [7, 11) is 2.16. The molecule has 0 saturated heterocycles. The third-order valence-electron chi connectivity index (χ3n) is 13.8. The first-order chi connectivity index (χ1) is 27.3. The van der Waals surface area contributed by atoms with E-state index >= 15 is 0 Å². The third kappa shape index (κ3) is 8.66. The number of fused-ring (bicyclic) bond motifs is 3. The van der Waals surface area contributed by atoms with Crippen LogP contribution < -0.4 is 15.5 Å². The summed E-state index contributed by atoms with van der Waals surface area (Å²) in [5, 5.41) is 5.91. The number of carbonyl (C=O) groups excluding carboxylic acids is 2. The summed E-state index contributed by atoms with van der Waals surface area (Å²) in [5.74, 6) is 2.26. The highest BCUT2D eigenvalue weighted by atomic mass is 16.6. The van der Waals surface area contributed by atoms with Gasteiger partial charge in [0.25, 0.3) is 0 Å². The van der Waals surface area contributed by atoms with Crippen LogP contribution in [0.15, 0.2) is 84.1 Å². The molecule has 7 rings (SSSR count). The summed E-state index contributed by atoms with van der Waals surface area (Å²) in [6.07, 6.45) is 14.3. The normalized spacial score (nSPS) is 28.2. The Morgan fingerprint density at radius 3 is 2.32 bits per heavy atom. The fourth-order valence-electron chi connectivity index (χ4n) is 9.94. The summed E-state index contributed by atoms with van der Waals surface area (Å²) in [6.45, 7) is 17.3. The first kappa shape index (κ1) is 41.0. The molecule has 2 N–H and O–H groups in total. The zero-order chi connectivity index (χ0) is 40.4. The lowest BCUT2D eigenvalue weighted by Gasteiger charge is -2.23. The van der Waals surface area contributed by atoms with E-state index in [1.54, 1.807) is 0 Å². The van der Waals surface area contributed by atoms with Gasteiger partial charge < -0.3 is 29.7 Å². The number of carbonyl (C=O) groups is 2. The zero-order valence-electron chi connectivity index (χ0n) is 35.4. The standard InChI is InChI=1S/C48H64N4O5/c1-33-14-12-15-35-36(23-22-33)37(35)32-57-45(54)50-25-27-56-29-28-55-26-24-49-44(53)48(6)30-34(48)31-52-41-19-11-9-17-39(41)47(4,5)43(52)21-13-20-42-46(2,3)38-16-8-10-18-40(38)51(42)7/h8-11,13-14,16-21,34-37H,12,15,22-32H2,1-7H3,(H-,49,50,53,54)/p+1/b33-14+/t34?,35-,36+,37-,48?/m0/s1. The number of likely N-dealkylation sites (N-methyl/N-ethyl adjacent to an activating group) is 1. The van der Waals surface area contributed by atoms with E-state index in [9.17, 15) is 9.59 Å². The van der Waals surface area contributed by atoms with Gasteiger partial charge in [0.05, 0.1) is 43.9 Å². The summed E-state index contributed by atoms with van der Waals surface area (Å²) in [4.78, 5) is 27.9. The number of anilines is 1. The molecular formula is C48H65N4O5+. The van der Waals surface area contributed by atoms with Gasteiger partial charge in [0.2, 0.25) is 11.6 Å². The molecule has 2 amide bonds. The van der Waals surface area contributed by atoms with Gasteiger partial charge >= 0.3 is 6.09 Å². The van der Waals surface area contributed by atoms with Gasteiger partial charge in [0, 0.05) is 60.6 Å². The number of hydrogen-bond acceptors (Lipinski definition) is 6. The highest BCUT2D eigenvalue weighted by molar-refractivity contribution is 6.03. The number of hydrogen-bond donors (Lipinski definition) is 2. The van der Waals surface area contributed by atoms with Crippen molar-refractivity contribution in [1.82, 2.24) is 10.6 Å². The van der Waals surface area contributed by atoms with Crippen LogP contribution in [0.3, 0.4) is 0 Å². The van der Waals surface area contributed by atoms with Crippen molar-refractivity contribution < 1.29 is 28.4 Å². The van der Waals surface area contributed by atoms with Gasteiger partial charge in [-0.3, -0.25) is 4.79 Å². The van der Waals surface area contributed by atoms with E-state index in [4.69, 9.17) is 14.2 Å². The van der Waals surface area contributed by atoms with E-state index in [0.29, 0.717) is 63.9 Å². The SMILES string of the molecule is C/C1=C\CC[C@H]2[C@@H](CC1)[C@H]2COC(=O)NCCOCCOCCNC(=O)C1(C)CC1C[N+]1=C(/C=C/C=C2/N(C)c3ccccc3C2(C)C)C(C)(C)c2ccccc21. The molecule has 2 heterocycles. The molecule has 2 unspecified atom stereocenters. The van der Waals surface area contributed by atoms with Gasteiger partial charge in [-0.15, -0.1) is 0 Å². The van der Waals surface area contributed by atoms with Gasteiger partial charge in [-0.05, 0) is 88.3 Å².